The molecule has 0 aliphatic heterocycles. The highest BCUT2D eigenvalue weighted by molar-refractivity contribution is 5.81. The van der Waals surface area contributed by atoms with E-state index >= 15 is 0 Å². The maximum absolute atomic E-state index is 11.0. The monoisotopic (exact) mass is 307 g/mol. The van der Waals surface area contributed by atoms with E-state index in [0.717, 1.165) is 5.56 Å². The van der Waals surface area contributed by atoms with Crippen LogP contribution < -0.4 is 0 Å². The van der Waals surface area contributed by atoms with Crippen molar-refractivity contribution in [1.29, 1.82) is 0 Å². The van der Waals surface area contributed by atoms with Gasteiger partial charge in [-0.15, -0.1) is 0 Å². The first-order valence-electron chi connectivity index (χ1n) is 7.03. The van der Waals surface area contributed by atoms with Crippen molar-refractivity contribution in [3.05, 3.63) is 53.0 Å². The van der Waals surface area contributed by atoms with Crippen LogP contribution in [0.5, 0.6) is 0 Å². The zero-order chi connectivity index (χ0) is 16.0. The number of carbonyl (C=O) groups excluding carboxylic acids is 1. The predicted molar refractivity (Wildman–Crippen MR) is 82.3 cm³/mol. The van der Waals surface area contributed by atoms with Gasteiger partial charge in [0.05, 0.1) is 33.0 Å². The number of nitroso groups, excluding NO2 is 1. The predicted octanol–water partition coefficient (Wildman–Crippen LogP) is 2.47. The second-order valence-electron chi connectivity index (χ2n) is 4.51. The minimum absolute atomic E-state index is 0.0932. The van der Waals surface area contributed by atoms with Gasteiger partial charge in [0.2, 0.25) is 0 Å². The molecule has 0 aromatic heterocycles. The summed E-state index contributed by atoms with van der Waals surface area (Å²) < 4.78 is 15.6. The average molecular weight is 307 g/mol. The highest BCUT2D eigenvalue weighted by Crippen LogP contribution is 2.05. The number of rotatable bonds is 11. The Bertz CT molecular complexity index is 461. The lowest BCUT2D eigenvalue weighted by molar-refractivity contribution is -0.134. The fourth-order valence-electron chi connectivity index (χ4n) is 1.71. The number of benzene rings is 1. The Labute approximate surface area is 130 Å². The minimum atomic E-state index is -0.418. The fraction of sp³-hybridized carbons (Fsp3) is 0.438. The van der Waals surface area contributed by atoms with Gasteiger partial charge in [-0.25, -0.2) is 4.79 Å². The lowest BCUT2D eigenvalue weighted by Crippen LogP contribution is -2.21. The van der Waals surface area contributed by atoms with Gasteiger partial charge >= 0.3 is 5.97 Å². The quantitative estimate of drug-likeness (QED) is 0.272. The molecule has 1 aromatic carbocycles. The molecule has 0 saturated carbocycles. The van der Waals surface area contributed by atoms with Crippen molar-refractivity contribution in [1.82, 2.24) is 0 Å². The summed E-state index contributed by atoms with van der Waals surface area (Å²) in [5.74, 6) is -0.418. The topological polar surface area (TPSA) is 74.2 Å². The molecule has 1 aromatic rings. The summed E-state index contributed by atoms with van der Waals surface area (Å²) >= 11 is 0. The Morgan fingerprint density at radius 3 is 2.77 bits per heavy atom. The van der Waals surface area contributed by atoms with E-state index in [0.29, 0.717) is 19.6 Å². The summed E-state index contributed by atoms with van der Waals surface area (Å²) in [6.07, 6.45) is 3.25. The van der Waals surface area contributed by atoms with Crippen LogP contribution in [0.15, 0.2) is 47.7 Å². The Morgan fingerprint density at radius 2 is 2.09 bits per heavy atom. The highest BCUT2D eigenvalue weighted by Gasteiger charge is 2.08. The fourth-order valence-corrected chi connectivity index (χ4v) is 1.71. The van der Waals surface area contributed by atoms with Crippen molar-refractivity contribution in [3.63, 3.8) is 0 Å². The van der Waals surface area contributed by atoms with Crippen LogP contribution in [0.3, 0.4) is 0 Å². The number of methoxy groups -OCH3 is 1. The summed E-state index contributed by atoms with van der Waals surface area (Å²) in [6, 6.07) is 9.79. The van der Waals surface area contributed by atoms with E-state index in [1.54, 1.807) is 6.08 Å². The molecule has 0 bridgehead atoms. The van der Waals surface area contributed by atoms with Crippen molar-refractivity contribution >= 4 is 5.97 Å². The molecule has 22 heavy (non-hydrogen) atoms. The number of ether oxygens (including phenoxy) is 3. The molecule has 0 unspecified atom stereocenters. The SMILES string of the molecule is COC(=O)C=CC[C@H](COCc1ccccc1)OCCN=O. The van der Waals surface area contributed by atoms with Crippen LogP contribution in [0.1, 0.15) is 12.0 Å². The molecule has 0 aliphatic rings. The van der Waals surface area contributed by atoms with Crippen molar-refractivity contribution in [2.45, 2.75) is 19.1 Å². The number of nitrogens with zero attached hydrogens (tertiary/aromatic N) is 1. The molecule has 0 N–H and O–H groups in total. The van der Waals surface area contributed by atoms with Gasteiger partial charge in [-0.3, -0.25) is 0 Å². The second kappa shape index (κ2) is 11.6. The summed E-state index contributed by atoms with van der Waals surface area (Å²) in [5.41, 5.74) is 1.07. The van der Waals surface area contributed by atoms with Crippen molar-refractivity contribution in [2.24, 2.45) is 5.18 Å². The molecular weight excluding hydrogens is 286 g/mol. The highest BCUT2D eigenvalue weighted by atomic mass is 16.5. The number of esters is 1. The van der Waals surface area contributed by atoms with Gasteiger partial charge in [-0.2, -0.15) is 4.91 Å². The van der Waals surface area contributed by atoms with E-state index in [9.17, 15) is 9.70 Å². The smallest absolute Gasteiger partial charge is 0.330 e. The average Bonchev–Trinajstić information content (AvgIpc) is 2.55. The Hall–Kier alpha value is -2.05. The largest absolute Gasteiger partial charge is 0.466 e. The first-order valence-corrected chi connectivity index (χ1v) is 7.03. The van der Waals surface area contributed by atoms with Gasteiger partial charge in [0.1, 0.15) is 6.54 Å². The maximum Gasteiger partial charge on any atom is 0.330 e. The Balaban J connectivity index is 2.37. The van der Waals surface area contributed by atoms with E-state index in [2.05, 4.69) is 9.91 Å². The summed E-state index contributed by atoms with van der Waals surface area (Å²) in [5, 5.41) is 2.75. The van der Waals surface area contributed by atoms with Crippen molar-refractivity contribution in [2.75, 3.05) is 26.9 Å². The minimum Gasteiger partial charge on any atom is -0.466 e. The molecule has 0 spiro atoms. The molecular formula is C16H21NO5. The van der Waals surface area contributed by atoms with E-state index in [1.165, 1.54) is 13.2 Å². The third-order valence-electron chi connectivity index (χ3n) is 2.81. The number of hydrogen-bond donors (Lipinski definition) is 0. The molecule has 0 radical (unpaired) electrons. The summed E-state index contributed by atoms with van der Waals surface area (Å²) in [4.78, 5) is 21.1. The Morgan fingerprint density at radius 1 is 1.32 bits per heavy atom. The molecule has 120 valence electrons. The molecule has 1 atom stereocenters. The third-order valence-corrected chi connectivity index (χ3v) is 2.81. The zero-order valence-corrected chi connectivity index (χ0v) is 12.6. The maximum atomic E-state index is 11.0. The van der Waals surface area contributed by atoms with E-state index in [4.69, 9.17) is 9.47 Å². The van der Waals surface area contributed by atoms with Crippen LogP contribution in [0, 0.1) is 4.91 Å². The van der Waals surface area contributed by atoms with Crippen LogP contribution in [0.2, 0.25) is 0 Å². The van der Waals surface area contributed by atoms with Crippen LogP contribution in [0.4, 0.5) is 0 Å². The first kappa shape index (κ1) is 18.0. The molecule has 0 heterocycles. The Kier molecular flexibility index (Phi) is 9.48. The van der Waals surface area contributed by atoms with Gasteiger partial charge < -0.3 is 14.2 Å². The standard InChI is InChI=1S/C16H21NO5/c1-20-16(18)9-5-8-15(22-11-10-17-19)13-21-12-14-6-3-2-4-7-14/h2-7,9,15H,8,10-13H2,1H3/t15-/m1/s1. The molecule has 6 nitrogen and oxygen atoms in total. The molecule has 0 aliphatic carbocycles. The van der Waals surface area contributed by atoms with E-state index in [-0.39, 0.29) is 19.3 Å². The molecule has 1 rings (SSSR count). The van der Waals surface area contributed by atoms with E-state index < -0.39 is 5.97 Å². The van der Waals surface area contributed by atoms with Gasteiger partial charge in [0.15, 0.2) is 0 Å². The molecule has 0 fully saturated rings. The van der Waals surface area contributed by atoms with Crippen LogP contribution in [-0.2, 0) is 25.6 Å². The van der Waals surface area contributed by atoms with Gasteiger partial charge in [-0.1, -0.05) is 41.6 Å². The zero-order valence-electron chi connectivity index (χ0n) is 12.6. The second-order valence-corrected chi connectivity index (χ2v) is 4.51. The summed E-state index contributed by atoms with van der Waals surface area (Å²) in [6.45, 7) is 1.16. The normalized spacial score (nSPS) is 12.2. The van der Waals surface area contributed by atoms with Crippen LogP contribution >= 0.6 is 0 Å². The number of carbonyl (C=O) groups is 1. The van der Waals surface area contributed by atoms with Gasteiger partial charge in [0.25, 0.3) is 0 Å². The summed E-state index contributed by atoms with van der Waals surface area (Å²) in [7, 11) is 1.32. The molecule has 0 amide bonds. The van der Waals surface area contributed by atoms with Crippen molar-refractivity contribution < 1.29 is 19.0 Å². The van der Waals surface area contributed by atoms with E-state index in [1.807, 2.05) is 30.3 Å². The first-order chi connectivity index (χ1) is 10.8. The van der Waals surface area contributed by atoms with Gasteiger partial charge in [-0.05, 0) is 12.0 Å². The van der Waals surface area contributed by atoms with Crippen molar-refractivity contribution in [3.8, 4) is 0 Å². The van der Waals surface area contributed by atoms with Crippen LogP contribution in [0.25, 0.3) is 0 Å². The lowest BCUT2D eigenvalue weighted by Gasteiger charge is -2.16. The van der Waals surface area contributed by atoms with Crippen LogP contribution in [-0.4, -0.2) is 38.9 Å². The lowest BCUT2D eigenvalue weighted by atomic mass is 10.2. The van der Waals surface area contributed by atoms with Gasteiger partial charge in [0, 0.05) is 6.08 Å². The number of hydrogen-bond acceptors (Lipinski definition) is 6. The molecule has 0 saturated heterocycles. The molecule has 6 heteroatoms. The third kappa shape index (κ3) is 8.28.